The molecule has 0 saturated heterocycles. The standard InChI is InChI=1S/C21H23N3O6/c1-13(2)11-12-29-21(26)14(3)23-19-16(9-10-17(22-19)24(27)28)30-18(20(23)25)15-7-5-4-6-8-15/h4-10,13-14,18H,11-12H2,1-3H3. The maximum absolute atomic E-state index is 13.3. The van der Waals surface area contributed by atoms with Gasteiger partial charge in [0.2, 0.25) is 6.10 Å². The number of rotatable bonds is 7. The molecule has 1 amide bonds. The van der Waals surface area contributed by atoms with E-state index in [4.69, 9.17) is 9.47 Å². The third kappa shape index (κ3) is 4.40. The Morgan fingerprint density at radius 2 is 1.93 bits per heavy atom. The van der Waals surface area contributed by atoms with Crippen LogP contribution in [0.5, 0.6) is 5.75 Å². The minimum Gasteiger partial charge on any atom is -0.469 e. The van der Waals surface area contributed by atoms with Gasteiger partial charge < -0.3 is 19.6 Å². The number of carbonyl (C=O) groups excluding carboxylic acids is 2. The number of anilines is 1. The highest BCUT2D eigenvalue weighted by Crippen LogP contribution is 2.39. The van der Waals surface area contributed by atoms with Crippen molar-refractivity contribution in [2.45, 2.75) is 39.3 Å². The predicted molar refractivity (Wildman–Crippen MR) is 108 cm³/mol. The first kappa shape index (κ1) is 21.2. The van der Waals surface area contributed by atoms with Crippen molar-refractivity contribution in [2.24, 2.45) is 5.92 Å². The number of benzene rings is 1. The molecular formula is C21H23N3O6. The summed E-state index contributed by atoms with van der Waals surface area (Å²) >= 11 is 0. The Kier molecular flexibility index (Phi) is 6.29. The number of hydrogen-bond donors (Lipinski definition) is 0. The number of carbonyl (C=O) groups is 2. The van der Waals surface area contributed by atoms with Crippen LogP contribution < -0.4 is 9.64 Å². The number of aromatic nitrogens is 1. The molecule has 1 aliphatic rings. The van der Waals surface area contributed by atoms with Crippen molar-refractivity contribution in [3.63, 3.8) is 0 Å². The lowest BCUT2D eigenvalue weighted by molar-refractivity contribution is -0.389. The topological polar surface area (TPSA) is 112 Å². The molecule has 0 saturated carbocycles. The van der Waals surface area contributed by atoms with E-state index >= 15 is 0 Å². The van der Waals surface area contributed by atoms with Gasteiger partial charge in [-0.3, -0.25) is 9.69 Å². The van der Waals surface area contributed by atoms with Crippen molar-refractivity contribution in [2.75, 3.05) is 11.5 Å². The van der Waals surface area contributed by atoms with Crippen molar-refractivity contribution in [1.82, 2.24) is 4.98 Å². The Labute approximate surface area is 173 Å². The van der Waals surface area contributed by atoms with E-state index in [-0.39, 0.29) is 18.2 Å². The van der Waals surface area contributed by atoms with Crippen LogP contribution in [0.2, 0.25) is 0 Å². The van der Waals surface area contributed by atoms with Crippen LogP contribution in [0.15, 0.2) is 42.5 Å². The molecule has 2 atom stereocenters. The number of amides is 1. The summed E-state index contributed by atoms with van der Waals surface area (Å²) in [5, 5.41) is 11.2. The molecule has 0 bridgehead atoms. The Morgan fingerprint density at radius 3 is 2.57 bits per heavy atom. The van der Waals surface area contributed by atoms with Crippen LogP contribution in [0, 0.1) is 16.0 Å². The summed E-state index contributed by atoms with van der Waals surface area (Å²) in [6.45, 7) is 5.74. The zero-order valence-electron chi connectivity index (χ0n) is 17.0. The quantitative estimate of drug-likeness (QED) is 0.388. The Bertz CT molecular complexity index is 947. The average molecular weight is 413 g/mol. The predicted octanol–water partition coefficient (Wildman–Crippen LogP) is 3.43. The summed E-state index contributed by atoms with van der Waals surface area (Å²) in [7, 11) is 0. The minimum absolute atomic E-state index is 0.0744. The van der Waals surface area contributed by atoms with Gasteiger partial charge in [-0.05, 0) is 35.2 Å². The van der Waals surface area contributed by atoms with E-state index in [1.54, 1.807) is 24.3 Å². The molecule has 2 heterocycles. The fraction of sp³-hybridized carbons (Fsp3) is 0.381. The smallest absolute Gasteiger partial charge is 0.366 e. The molecule has 0 fully saturated rings. The molecule has 158 valence electrons. The third-order valence-electron chi connectivity index (χ3n) is 4.72. The summed E-state index contributed by atoms with van der Waals surface area (Å²) in [5.74, 6) is -1.16. The SMILES string of the molecule is CC(C)CCOC(=O)C(C)N1C(=O)C(c2ccccc2)Oc2ccc([N+](=O)[O-])nc21. The molecule has 30 heavy (non-hydrogen) atoms. The molecule has 3 rings (SSSR count). The van der Waals surface area contributed by atoms with Crippen LogP contribution in [0.1, 0.15) is 38.9 Å². The van der Waals surface area contributed by atoms with Gasteiger partial charge in [0.1, 0.15) is 6.04 Å². The highest BCUT2D eigenvalue weighted by atomic mass is 16.6. The lowest BCUT2D eigenvalue weighted by Gasteiger charge is -2.33. The molecule has 1 aromatic carbocycles. The lowest BCUT2D eigenvalue weighted by atomic mass is 10.1. The molecule has 1 aliphatic heterocycles. The minimum atomic E-state index is -1.03. The second-order valence-corrected chi connectivity index (χ2v) is 7.39. The molecular weight excluding hydrogens is 390 g/mol. The highest BCUT2D eigenvalue weighted by Gasteiger charge is 2.44. The fourth-order valence-corrected chi connectivity index (χ4v) is 3.03. The molecule has 0 N–H and O–H groups in total. The van der Waals surface area contributed by atoms with Crippen LogP contribution >= 0.6 is 0 Å². The van der Waals surface area contributed by atoms with Gasteiger partial charge in [0, 0.05) is 11.6 Å². The van der Waals surface area contributed by atoms with E-state index in [2.05, 4.69) is 4.98 Å². The van der Waals surface area contributed by atoms with Crippen LogP contribution in [0.4, 0.5) is 11.6 Å². The van der Waals surface area contributed by atoms with E-state index in [1.807, 2.05) is 19.9 Å². The highest BCUT2D eigenvalue weighted by molar-refractivity contribution is 6.04. The van der Waals surface area contributed by atoms with Gasteiger partial charge in [-0.2, -0.15) is 0 Å². The van der Waals surface area contributed by atoms with Crippen LogP contribution in [-0.2, 0) is 14.3 Å². The number of nitrogens with zero attached hydrogens (tertiary/aromatic N) is 3. The van der Waals surface area contributed by atoms with Gasteiger partial charge in [-0.25, -0.2) is 4.79 Å². The number of ether oxygens (including phenoxy) is 2. The zero-order chi connectivity index (χ0) is 21.8. The second-order valence-electron chi connectivity index (χ2n) is 7.39. The first-order valence-corrected chi connectivity index (χ1v) is 9.66. The summed E-state index contributed by atoms with van der Waals surface area (Å²) in [6.07, 6.45) is -0.324. The Hall–Kier alpha value is -3.49. The zero-order valence-corrected chi connectivity index (χ0v) is 17.0. The van der Waals surface area contributed by atoms with Crippen molar-refractivity contribution in [3.8, 4) is 5.75 Å². The molecule has 0 spiro atoms. The second kappa shape index (κ2) is 8.89. The van der Waals surface area contributed by atoms with Gasteiger partial charge >= 0.3 is 11.8 Å². The number of pyridine rings is 1. The Morgan fingerprint density at radius 1 is 1.23 bits per heavy atom. The maximum atomic E-state index is 13.3. The van der Waals surface area contributed by atoms with E-state index in [0.29, 0.717) is 17.9 Å². The lowest BCUT2D eigenvalue weighted by Crippen LogP contribution is -2.50. The molecule has 9 nitrogen and oxygen atoms in total. The average Bonchev–Trinajstić information content (AvgIpc) is 2.72. The number of esters is 1. The van der Waals surface area contributed by atoms with Gasteiger partial charge in [0.25, 0.3) is 11.7 Å². The number of fused-ring (bicyclic) bond motifs is 1. The first-order valence-electron chi connectivity index (χ1n) is 9.66. The van der Waals surface area contributed by atoms with Crippen molar-refractivity contribution >= 4 is 23.5 Å². The summed E-state index contributed by atoms with van der Waals surface area (Å²) in [5.41, 5.74) is 0.594. The normalized spacial score (nSPS) is 16.6. The van der Waals surface area contributed by atoms with Gasteiger partial charge in [-0.15, -0.1) is 0 Å². The van der Waals surface area contributed by atoms with Crippen molar-refractivity contribution in [1.29, 1.82) is 0 Å². The number of nitro groups is 1. The molecule has 1 aromatic heterocycles. The van der Waals surface area contributed by atoms with Gasteiger partial charge in [0.05, 0.1) is 6.61 Å². The molecule has 0 aliphatic carbocycles. The summed E-state index contributed by atoms with van der Waals surface area (Å²) in [6, 6.07) is 10.3. The van der Waals surface area contributed by atoms with Crippen LogP contribution in [0.3, 0.4) is 0 Å². The molecule has 2 aromatic rings. The van der Waals surface area contributed by atoms with Gasteiger partial charge in [-0.1, -0.05) is 44.2 Å². The van der Waals surface area contributed by atoms with E-state index in [0.717, 1.165) is 4.90 Å². The summed E-state index contributed by atoms with van der Waals surface area (Å²) < 4.78 is 11.1. The first-order chi connectivity index (χ1) is 14.3. The Balaban J connectivity index is 1.97. The van der Waals surface area contributed by atoms with Crippen molar-refractivity contribution < 1.29 is 24.0 Å². The maximum Gasteiger partial charge on any atom is 0.366 e. The van der Waals surface area contributed by atoms with Crippen LogP contribution in [-0.4, -0.2) is 34.4 Å². The van der Waals surface area contributed by atoms with E-state index in [1.165, 1.54) is 19.1 Å². The molecule has 0 radical (unpaired) electrons. The van der Waals surface area contributed by atoms with Crippen molar-refractivity contribution in [3.05, 3.63) is 58.1 Å². The largest absolute Gasteiger partial charge is 0.469 e. The third-order valence-corrected chi connectivity index (χ3v) is 4.72. The van der Waals surface area contributed by atoms with Crippen LogP contribution in [0.25, 0.3) is 0 Å². The van der Waals surface area contributed by atoms with Gasteiger partial charge in [0.15, 0.2) is 5.75 Å². The number of hydrogen-bond acceptors (Lipinski definition) is 7. The molecule has 9 heteroatoms. The van der Waals surface area contributed by atoms with E-state index < -0.39 is 34.8 Å². The molecule has 2 unspecified atom stereocenters. The monoisotopic (exact) mass is 413 g/mol. The summed E-state index contributed by atoms with van der Waals surface area (Å²) in [4.78, 5) is 41.5. The fourth-order valence-electron chi connectivity index (χ4n) is 3.03. The van der Waals surface area contributed by atoms with E-state index in [9.17, 15) is 19.7 Å².